The lowest BCUT2D eigenvalue weighted by molar-refractivity contribution is 0.375. The molecule has 0 bridgehead atoms. The number of aryl methyl sites for hydroxylation is 1. The van der Waals surface area contributed by atoms with Crippen LogP contribution in [-0.4, -0.2) is 28.1 Å². The van der Waals surface area contributed by atoms with Gasteiger partial charge in [-0.05, 0) is 56.5 Å². The zero-order valence-electron chi connectivity index (χ0n) is 11.7. The molecule has 1 aromatic carbocycles. The largest absolute Gasteiger partial charge is 0.316 e. The van der Waals surface area contributed by atoms with Gasteiger partial charge in [0.2, 0.25) is 10.0 Å². The Hall–Kier alpha value is -0.760. The van der Waals surface area contributed by atoms with Gasteiger partial charge in [-0.3, -0.25) is 0 Å². The van der Waals surface area contributed by atoms with Crippen LogP contribution in [0.3, 0.4) is 0 Å². The van der Waals surface area contributed by atoms with E-state index in [0.29, 0.717) is 0 Å². The van der Waals surface area contributed by atoms with Gasteiger partial charge >= 0.3 is 0 Å². The smallest absolute Gasteiger partial charge is 0.243 e. The Bertz CT molecular complexity index is 590. The van der Waals surface area contributed by atoms with E-state index in [1.807, 2.05) is 0 Å². The molecular formula is C13H19ClF2N2O2S. The van der Waals surface area contributed by atoms with Gasteiger partial charge < -0.3 is 5.32 Å². The summed E-state index contributed by atoms with van der Waals surface area (Å²) in [6, 6.07) is 1.62. The maximum absolute atomic E-state index is 13.7. The molecule has 0 radical (unpaired) electrons. The first kappa shape index (κ1) is 18.3. The van der Waals surface area contributed by atoms with Gasteiger partial charge in [0.15, 0.2) is 0 Å². The second kappa shape index (κ2) is 7.49. The normalized spacial score (nSPS) is 19.1. The van der Waals surface area contributed by atoms with Crippen molar-refractivity contribution in [1.82, 2.24) is 10.0 Å². The number of nitrogens with one attached hydrogen (secondary N) is 2. The molecule has 1 unspecified atom stereocenters. The van der Waals surface area contributed by atoms with Crippen molar-refractivity contribution >= 4 is 22.4 Å². The van der Waals surface area contributed by atoms with Crippen LogP contribution in [0.4, 0.5) is 8.78 Å². The Morgan fingerprint density at radius 1 is 1.33 bits per heavy atom. The summed E-state index contributed by atoms with van der Waals surface area (Å²) in [5.74, 6) is -1.49. The Kier molecular flexibility index (Phi) is 6.52. The second-order valence-electron chi connectivity index (χ2n) is 5.10. The van der Waals surface area contributed by atoms with Crippen LogP contribution in [0.5, 0.6) is 0 Å². The van der Waals surface area contributed by atoms with E-state index in [9.17, 15) is 17.2 Å². The molecule has 1 aliphatic rings. The molecule has 0 saturated carbocycles. The van der Waals surface area contributed by atoms with Crippen LogP contribution in [0, 0.1) is 24.5 Å². The minimum atomic E-state index is -4.02. The predicted octanol–water partition coefficient (Wildman–Crippen LogP) is 1.97. The van der Waals surface area contributed by atoms with Crippen molar-refractivity contribution in [2.45, 2.75) is 24.7 Å². The molecule has 0 aliphatic carbocycles. The van der Waals surface area contributed by atoms with Crippen molar-refractivity contribution in [2.75, 3.05) is 19.6 Å². The predicted molar refractivity (Wildman–Crippen MR) is 79.1 cm³/mol. The van der Waals surface area contributed by atoms with Gasteiger partial charge in [0.25, 0.3) is 0 Å². The first-order chi connectivity index (χ1) is 9.40. The molecule has 0 spiro atoms. The van der Waals surface area contributed by atoms with Crippen LogP contribution in [0.1, 0.15) is 18.4 Å². The first-order valence-electron chi connectivity index (χ1n) is 6.56. The Morgan fingerprint density at radius 3 is 2.67 bits per heavy atom. The highest BCUT2D eigenvalue weighted by atomic mass is 35.5. The fraction of sp³-hybridized carbons (Fsp3) is 0.538. The summed E-state index contributed by atoms with van der Waals surface area (Å²) in [5.41, 5.74) is 0.0814. The summed E-state index contributed by atoms with van der Waals surface area (Å²) in [5, 5.41) is 3.17. The Labute approximate surface area is 129 Å². The van der Waals surface area contributed by atoms with Gasteiger partial charge in [0.05, 0.1) is 0 Å². The molecule has 120 valence electrons. The lowest BCUT2D eigenvalue weighted by Gasteiger charge is -2.22. The SMILES string of the molecule is Cc1cc(F)c(S(=O)(=O)NCC2CCCNC2)cc1F.Cl. The van der Waals surface area contributed by atoms with Gasteiger partial charge in [-0.15, -0.1) is 12.4 Å². The molecule has 4 nitrogen and oxygen atoms in total. The average molecular weight is 341 g/mol. The molecule has 8 heteroatoms. The maximum Gasteiger partial charge on any atom is 0.243 e. The van der Waals surface area contributed by atoms with Crippen molar-refractivity contribution in [2.24, 2.45) is 5.92 Å². The molecule has 2 N–H and O–H groups in total. The van der Waals surface area contributed by atoms with E-state index in [1.165, 1.54) is 6.92 Å². The van der Waals surface area contributed by atoms with E-state index < -0.39 is 26.6 Å². The molecular weight excluding hydrogens is 322 g/mol. The van der Waals surface area contributed by atoms with E-state index in [1.54, 1.807) is 0 Å². The molecule has 1 fully saturated rings. The molecule has 0 aromatic heterocycles. The molecule has 1 aliphatic heterocycles. The van der Waals surface area contributed by atoms with E-state index in [-0.39, 0.29) is 30.4 Å². The van der Waals surface area contributed by atoms with Crippen LogP contribution < -0.4 is 10.0 Å². The molecule has 1 heterocycles. The lowest BCUT2D eigenvalue weighted by Crippen LogP contribution is -2.38. The topological polar surface area (TPSA) is 58.2 Å². The number of halogens is 3. The van der Waals surface area contributed by atoms with Crippen LogP contribution in [0.2, 0.25) is 0 Å². The Balaban J connectivity index is 0.00000220. The van der Waals surface area contributed by atoms with Crippen LogP contribution in [0.25, 0.3) is 0 Å². The summed E-state index contributed by atoms with van der Waals surface area (Å²) in [6.45, 7) is 3.27. The molecule has 1 atom stereocenters. The fourth-order valence-electron chi connectivity index (χ4n) is 2.24. The fourth-order valence-corrected chi connectivity index (χ4v) is 3.42. The van der Waals surface area contributed by atoms with Crippen LogP contribution >= 0.6 is 12.4 Å². The van der Waals surface area contributed by atoms with Crippen molar-refractivity contribution < 1.29 is 17.2 Å². The van der Waals surface area contributed by atoms with Gasteiger partial charge in [-0.25, -0.2) is 21.9 Å². The zero-order valence-corrected chi connectivity index (χ0v) is 13.3. The van der Waals surface area contributed by atoms with Gasteiger partial charge in [-0.2, -0.15) is 0 Å². The maximum atomic E-state index is 13.7. The van der Waals surface area contributed by atoms with E-state index in [4.69, 9.17) is 0 Å². The van der Waals surface area contributed by atoms with Crippen molar-refractivity contribution in [1.29, 1.82) is 0 Å². The highest BCUT2D eigenvalue weighted by molar-refractivity contribution is 7.89. The summed E-state index contributed by atoms with van der Waals surface area (Å²) in [7, 11) is -4.02. The van der Waals surface area contributed by atoms with Crippen molar-refractivity contribution in [3.05, 3.63) is 29.3 Å². The standard InChI is InChI=1S/C13H18F2N2O2S.ClH/c1-9-5-12(15)13(6-11(9)14)20(18,19)17-8-10-3-2-4-16-7-10;/h5-6,10,16-17H,2-4,7-8H2,1H3;1H. The number of hydrogen-bond acceptors (Lipinski definition) is 3. The number of sulfonamides is 1. The molecule has 0 amide bonds. The third-order valence-electron chi connectivity index (χ3n) is 3.46. The van der Waals surface area contributed by atoms with E-state index in [2.05, 4.69) is 10.0 Å². The van der Waals surface area contributed by atoms with Gasteiger partial charge in [0, 0.05) is 6.54 Å². The summed E-state index contributed by atoms with van der Waals surface area (Å²) >= 11 is 0. The van der Waals surface area contributed by atoms with E-state index >= 15 is 0 Å². The molecule has 1 saturated heterocycles. The zero-order chi connectivity index (χ0) is 14.8. The highest BCUT2D eigenvalue weighted by Crippen LogP contribution is 2.19. The van der Waals surface area contributed by atoms with Gasteiger partial charge in [0.1, 0.15) is 16.5 Å². The monoisotopic (exact) mass is 340 g/mol. The van der Waals surface area contributed by atoms with Crippen molar-refractivity contribution in [3.63, 3.8) is 0 Å². The third-order valence-corrected chi connectivity index (χ3v) is 4.90. The molecule has 21 heavy (non-hydrogen) atoms. The second-order valence-corrected chi connectivity index (χ2v) is 6.83. The average Bonchev–Trinajstić information content (AvgIpc) is 2.42. The highest BCUT2D eigenvalue weighted by Gasteiger charge is 2.23. The van der Waals surface area contributed by atoms with Gasteiger partial charge in [-0.1, -0.05) is 0 Å². The third kappa shape index (κ3) is 4.60. The molecule has 2 rings (SSSR count). The lowest BCUT2D eigenvalue weighted by atomic mass is 10.0. The van der Waals surface area contributed by atoms with E-state index in [0.717, 1.165) is 38.1 Å². The van der Waals surface area contributed by atoms with Crippen molar-refractivity contribution in [3.8, 4) is 0 Å². The summed E-state index contributed by atoms with van der Waals surface area (Å²) in [4.78, 5) is -0.635. The number of rotatable bonds is 4. The first-order valence-corrected chi connectivity index (χ1v) is 8.04. The quantitative estimate of drug-likeness (QED) is 0.881. The number of hydrogen-bond donors (Lipinski definition) is 2. The van der Waals surface area contributed by atoms with Crippen LogP contribution in [0.15, 0.2) is 17.0 Å². The summed E-state index contributed by atoms with van der Waals surface area (Å²) in [6.07, 6.45) is 1.90. The number of piperidine rings is 1. The number of benzene rings is 1. The minimum absolute atomic E-state index is 0. The minimum Gasteiger partial charge on any atom is -0.316 e. The molecule has 1 aromatic rings. The van der Waals surface area contributed by atoms with Crippen LogP contribution in [-0.2, 0) is 10.0 Å². The summed E-state index contributed by atoms with van der Waals surface area (Å²) < 4.78 is 53.5. The Morgan fingerprint density at radius 2 is 2.05 bits per heavy atom.